The number of hydrogen-bond donors (Lipinski definition) is 1. The van der Waals surface area contributed by atoms with Crippen molar-refractivity contribution in [2.24, 2.45) is 7.05 Å². The van der Waals surface area contributed by atoms with Crippen molar-refractivity contribution in [2.75, 3.05) is 11.6 Å². The predicted octanol–water partition coefficient (Wildman–Crippen LogP) is 2.58. The van der Waals surface area contributed by atoms with Crippen LogP contribution in [0, 0.1) is 0 Å². The number of carbonyl (C=O) groups excluding carboxylic acids is 1. The van der Waals surface area contributed by atoms with Gasteiger partial charge in [-0.3, -0.25) is 14.0 Å². The van der Waals surface area contributed by atoms with Crippen LogP contribution in [-0.2, 0) is 7.05 Å². The molecule has 0 saturated carbocycles. The van der Waals surface area contributed by atoms with Gasteiger partial charge in [0.25, 0.3) is 5.91 Å². The van der Waals surface area contributed by atoms with Crippen LogP contribution >= 0.6 is 11.8 Å². The van der Waals surface area contributed by atoms with Crippen molar-refractivity contribution < 1.29 is 4.79 Å². The minimum atomic E-state index is -0.166. The Labute approximate surface area is 132 Å². The normalized spacial score (nSPS) is 10.6. The van der Waals surface area contributed by atoms with E-state index in [1.807, 2.05) is 35.2 Å². The number of thioether (sulfide) groups is 1. The van der Waals surface area contributed by atoms with E-state index in [-0.39, 0.29) is 5.91 Å². The molecule has 0 saturated heterocycles. The largest absolute Gasteiger partial charge is 0.319 e. The van der Waals surface area contributed by atoms with Crippen molar-refractivity contribution in [3.05, 3.63) is 54.6 Å². The number of benzene rings is 1. The van der Waals surface area contributed by atoms with Gasteiger partial charge in [0.2, 0.25) is 0 Å². The summed E-state index contributed by atoms with van der Waals surface area (Å²) in [5, 5.41) is 7.74. The molecule has 112 valence electrons. The van der Waals surface area contributed by atoms with Crippen molar-refractivity contribution in [1.29, 1.82) is 0 Å². The maximum atomic E-state index is 12.3. The highest BCUT2D eigenvalue weighted by atomic mass is 32.2. The van der Waals surface area contributed by atoms with E-state index in [9.17, 15) is 4.79 Å². The van der Waals surface area contributed by atoms with E-state index in [0.29, 0.717) is 11.3 Å². The summed E-state index contributed by atoms with van der Waals surface area (Å²) in [4.78, 5) is 16.6. The molecule has 0 unspecified atom stereocenters. The molecule has 1 amide bonds. The second kappa shape index (κ2) is 6.07. The van der Waals surface area contributed by atoms with Crippen molar-refractivity contribution >= 4 is 23.4 Å². The summed E-state index contributed by atoms with van der Waals surface area (Å²) < 4.78 is 3.59. The van der Waals surface area contributed by atoms with E-state index in [2.05, 4.69) is 15.4 Å². The SMILES string of the molecule is CSc1nccn1-c1cccc(C(=O)Nc2cnn(C)c2)c1. The molecule has 1 N–H and O–H groups in total. The number of aryl methyl sites for hydroxylation is 1. The minimum absolute atomic E-state index is 0.166. The maximum Gasteiger partial charge on any atom is 0.255 e. The molecule has 7 heteroatoms. The molecule has 2 heterocycles. The van der Waals surface area contributed by atoms with E-state index in [0.717, 1.165) is 10.8 Å². The molecule has 1 aromatic carbocycles. The summed E-state index contributed by atoms with van der Waals surface area (Å²) in [6.45, 7) is 0. The molecule has 0 fully saturated rings. The van der Waals surface area contributed by atoms with Crippen LogP contribution in [0.5, 0.6) is 0 Å². The first-order valence-corrected chi connectivity index (χ1v) is 7.87. The van der Waals surface area contributed by atoms with Crippen LogP contribution in [0.15, 0.2) is 54.2 Å². The lowest BCUT2D eigenvalue weighted by atomic mass is 10.2. The van der Waals surface area contributed by atoms with Gasteiger partial charge in [0.05, 0.1) is 11.9 Å². The molecule has 0 aliphatic rings. The predicted molar refractivity (Wildman–Crippen MR) is 86.5 cm³/mol. The first kappa shape index (κ1) is 14.4. The van der Waals surface area contributed by atoms with Crippen LogP contribution in [0.25, 0.3) is 5.69 Å². The number of nitrogens with zero attached hydrogens (tertiary/aromatic N) is 4. The van der Waals surface area contributed by atoms with Crippen LogP contribution in [0.4, 0.5) is 5.69 Å². The summed E-state index contributed by atoms with van der Waals surface area (Å²) in [6.07, 6.45) is 8.96. The molecule has 22 heavy (non-hydrogen) atoms. The molecule has 3 rings (SSSR count). The lowest BCUT2D eigenvalue weighted by Gasteiger charge is -2.08. The van der Waals surface area contributed by atoms with Crippen molar-refractivity contribution in [1.82, 2.24) is 19.3 Å². The number of nitrogens with one attached hydrogen (secondary N) is 1. The van der Waals surface area contributed by atoms with Gasteiger partial charge < -0.3 is 5.32 Å². The Morgan fingerprint density at radius 1 is 1.36 bits per heavy atom. The van der Waals surface area contributed by atoms with Gasteiger partial charge in [-0.05, 0) is 24.5 Å². The molecule has 0 aliphatic carbocycles. The molecule has 3 aromatic rings. The minimum Gasteiger partial charge on any atom is -0.319 e. The van der Waals surface area contributed by atoms with E-state index >= 15 is 0 Å². The summed E-state index contributed by atoms with van der Waals surface area (Å²) in [6, 6.07) is 7.43. The molecule has 0 spiro atoms. The Morgan fingerprint density at radius 3 is 2.95 bits per heavy atom. The van der Waals surface area contributed by atoms with Gasteiger partial charge in [-0.2, -0.15) is 5.10 Å². The van der Waals surface area contributed by atoms with Gasteiger partial charge in [0.15, 0.2) is 5.16 Å². The average molecular weight is 313 g/mol. The highest BCUT2D eigenvalue weighted by Crippen LogP contribution is 2.19. The fourth-order valence-electron chi connectivity index (χ4n) is 2.12. The number of aromatic nitrogens is 4. The maximum absolute atomic E-state index is 12.3. The van der Waals surface area contributed by atoms with E-state index in [4.69, 9.17) is 0 Å². The van der Waals surface area contributed by atoms with Gasteiger partial charge in [-0.25, -0.2) is 4.98 Å². The van der Waals surface area contributed by atoms with Crippen LogP contribution in [0.2, 0.25) is 0 Å². The molecule has 2 aromatic heterocycles. The molecule has 6 nitrogen and oxygen atoms in total. The standard InChI is InChI=1S/C15H15N5OS/c1-19-10-12(9-17-19)18-14(21)11-4-3-5-13(8-11)20-7-6-16-15(20)22-2/h3-10H,1-2H3,(H,18,21). The molecule has 0 aliphatic heterocycles. The number of imidazole rings is 1. The zero-order valence-electron chi connectivity index (χ0n) is 12.2. The number of amides is 1. The fourth-order valence-corrected chi connectivity index (χ4v) is 2.65. The highest BCUT2D eigenvalue weighted by molar-refractivity contribution is 7.98. The first-order valence-electron chi connectivity index (χ1n) is 6.65. The van der Waals surface area contributed by atoms with Gasteiger partial charge in [0.1, 0.15) is 0 Å². The Bertz CT molecular complexity index is 808. The zero-order valence-corrected chi connectivity index (χ0v) is 13.0. The molecule has 0 atom stereocenters. The lowest BCUT2D eigenvalue weighted by molar-refractivity contribution is 0.102. The van der Waals surface area contributed by atoms with Gasteiger partial charge in [-0.15, -0.1) is 0 Å². The van der Waals surface area contributed by atoms with Crippen LogP contribution in [0.1, 0.15) is 10.4 Å². The summed E-state index contributed by atoms with van der Waals surface area (Å²) in [5.74, 6) is -0.166. The topological polar surface area (TPSA) is 64.7 Å². The van der Waals surface area contributed by atoms with Gasteiger partial charge in [-0.1, -0.05) is 17.8 Å². The van der Waals surface area contributed by atoms with Crippen LogP contribution in [-0.4, -0.2) is 31.5 Å². The molecular weight excluding hydrogens is 298 g/mol. The van der Waals surface area contributed by atoms with E-state index < -0.39 is 0 Å². The van der Waals surface area contributed by atoms with Crippen LogP contribution in [0.3, 0.4) is 0 Å². The third kappa shape index (κ3) is 2.89. The lowest BCUT2D eigenvalue weighted by Crippen LogP contribution is -2.12. The van der Waals surface area contributed by atoms with Gasteiger partial charge >= 0.3 is 0 Å². The Kier molecular flexibility index (Phi) is 3.97. The van der Waals surface area contributed by atoms with Crippen molar-refractivity contribution in [2.45, 2.75) is 5.16 Å². The third-order valence-corrected chi connectivity index (χ3v) is 3.81. The first-order chi connectivity index (χ1) is 10.7. The Balaban J connectivity index is 1.86. The highest BCUT2D eigenvalue weighted by Gasteiger charge is 2.10. The molecular formula is C15H15N5OS. The number of hydrogen-bond acceptors (Lipinski definition) is 4. The number of anilines is 1. The summed E-state index contributed by atoms with van der Waals surface area (Å²) in [7, 11) is 1.80. The Hall–Kier alpha value is -2.54. The smallest absolute Gasteiger partial charge is 0.255 e. The third-order valence-electron chi connectivity index (χ3n) is 3.14. The van der Waals surface area contributed by atoms with E-state index in [1.54, 1.807) is 48.1 Å². The van der Waals surface area contributed by atoms with Gasteiger partial charge in [0, 0.05) is 36.9 Å². The fraction of sp³-hybridized carbons (Fsp3) is 0.133. The summed E-state index contributed by atoms with van der Waals surface area (Å²) >= 11 is 1.56. The van der Waals surface area contributed by atoms with Crippen LogP contribution < -0.4 is 5.32 Å². The zero-order chi connectivity index (χ0) is 15.5. The Morgan fingerprint density at radius 2 is 2.23 bits per heavy atom. The molecule has 0 radical (unpaired) electrons. The quantitative estimate of drug-likeness (QED) is 0.752. The monoisotopic (exact) mass is 313 g/mol. The number of rotatable bonds is 4. The summed E-state index contributed by atoms with van der Waals surface area (Å²) in [5.41, 5.74) is 2.16. The second-order valence-electron chi connectivity index (χ2n) is 4.69. The van der Waals surface area contributed by atoms with E-state index in [1.165, 1.54) is 0 Å². The average Bonchev–Trinajstić information content (AvgIpc) is 3.16. The van der Waals surface area contributed by atoms with Crippen molar-refractivity contribution in [3.8, 4) is 5.69 Å². The number of carbonyl (C=O) groups is 1. The second-order valence-corrected chi connectivity index (χ2v) is 5.46. The molecule has 0 bridgehead atoms. The van der Waals surface area contributed by atoms with Crippen molar-refractivity contribution in [3.63, 3.8) is 0 Å².